The van der Waals surface area contributed by atoms with Crippen molar-refractivity contribution >= 4 is 18.3 Å². The fraction of sp³-hybridized carbons (Fsp3) is 0.833. The number of nitrogens with one attached hydrogen (secondary N) is 1. The number of esters is 2. The Bertz CT molecular complexity index is 408. The number of carbonyl (C=O) groups excluding carboxylic acids is 3. The maximum atomic E-state index is 11.6. The van der Waals surface area contributed by atoms with E-state index in [1.807, 2.05) is 0 Å². The van der Waals surface area contributed by atoms with Crippen molar-refractivity contribution in [2.24, 2.45) is 0 Å². The van der Waals surface area contributed by atoms with Gasteiger partial charge in [-0.05, 0) is 41.5 Å². The van der Waals surface area contributed by atoms with E-state index in [1.165, 1.54) is 0 Å². The van der Waals surface area contributed by atoms with E-state index < -0.39 is 17.2 Å². The topological polar surface area (TPSA) is 100 Å². The van der Waals surface area contributed by atoms with Crippen LogP contribution in [0, 0.1) is 0 Å². The molecule has 0 aromatic rings. The maximum Gasteiger partial charge on any atom is 0.308 e. The molecule has 1 amide bonds. The molecule has 0 spiro atoms. The maximum absolute atomic E-state index is 11.6. The summed E-state index contributed by atoms with van der Waals surface area (Å²) in [5, 5.41) is 2.45. The van der Waals surface area contributed by atoms with Crippen LogP contribution in [0.15, 0.2) is 0 Å². The molecule has 1 N–H and O–H groups in total. The van der Waals surface area contributed by atoms with Crippen molar-refractivity contribution < 1.29 is 33.3 Å². The zero-order valence-electron chi connectivity index (χ0n) is 17.0. The summed E-state index contributed by atoms with van der Waals surface area (Å²) in [6.45, 7) is 11.4. The minimum atomic E-state index is -0.532. The SMILES string of the molecule is CC(C)(C)OC(=O)CCOCC(COCCC(=O)OC(C)(C)C)N[C-]=O.[Fm]. The Morgan fingerprint density at radius 2 is 1.22 bits per heavy atom. The Morgan fingerprint density at radius 1 is 0.852 bits per heavy atom. The summed E-state index contributed by atoms with van der Waals surface area (Å²) in [6.07, 6.45) is 1.82. The van der Waals surface area contributed by atoms with Crippen LogP contribution in [0.4, 0.5) is 0 Å². The van der Waals surface area contributed by atoms with Gasteiger partial charge in [-0.25, -0.2) is 0 Å². The fourth-order valence-corrected chi connectivity index (χ4v) is 1.76. The van der Waals surface area contributed by atoms with Crippen LogP contribution in [0.5, 0.6) is 0 Å². The molecule has 0 aliphatic heterocycles. The van der Waals surface area contributed by atoms with Gasteiger partial charge in [0.05, 0.1) is 39.3 Å². The molecule has 0 radical (unpaired) electrons. The van der Waals surface area contributed by atoms with Crippen LogP contribution in [0.2, 0.25) is 0 Å². The second-order valence-corrected chi connectivity index (χ2v) is 7.77. The van der Waals surface area contributed by atoms with Crippen molar-refractivity contribution in [3.05, 3.63) is 0 Å². The zero-order valence-corrected chi connectivity index (χ0v) is 19.4. The van der Waals surface area contributed by atoms with Crippen LogP contribution < -0.4 is 5.32 Å². The summed E-state index contributed by atoms with van der Waals surface area (Å²) in [4.78, 5) is 33.6. The predicted molar refractivity (Wildman–Crippen MR) is 95.2 cm³/mol. The number of amides is 1. The Balaban J connectivity index is 0. The van der Waals surface area contributed by atoms with E-state index in [-0.39, 0.29) is 51.2 Å². The molecule has 0 aliphatic carbocycles. The number of carbonyl (C=O) groups is 2. The van der Waals surface area contributed by atoms with Gasteiger partial charge in [-0.2, -0.15) is 6.41 Å². The Hall–Kier alpha value is -2.67. The molecule has 0 unspecified atom stereocenters. The van der Waals surface area contributed by atoms with E-state index in [1.54, 1.807) is 48.0 Å². The summed E-state index contributed by atoms with van der Waals surface area (Å²) in [5.41, 5.74) is -1.06. The zero-order chi connectivity index (χ0) is 20.2. The monoisotopic (exact) mass is 631 g/mol. The van der Waals surface area contributed by atoms with Gasteiger partial charge in [0, 0.05) is 6.04 Å². The molecule has 0 atom stereocenters. The summed E-state index contributed by atoms with van der Waals surface area (Å²) in [5.74, 6) is -0.699. The van der Waals surface area contributed by atoms with Crippen LogP contribution in [-0.2, 0) is 33.3 Å². The molecular formula is C18H32FmNO7-. The standard InChI is InChI=1S/C18H32NO7.Fm/c1-17(2,3)25-15(21)7-9-23-11-14(19-13-20)12-24-10-8-16(22)26-18(4,5)6;/h14H,7-12H2,1-6H3,(H,19,20);/q-1;. The van der Waals surface area contributed by atoms with Crippen molar-refractivity contribution in [2.45, 2.75) is 71.6 Å². The van der Waals surface area contributed by atoms with Gasteiger partial charge >= 0.3 is 11.9 Å². The molecule has 0 aliphatic rings. The first-order valence-electron chi connectivity index (χ1n) is 8.65. The third-order valence-corrected chi connectivity index (χ3v) is 2.64. The van der Waals surface area contributed by atoms with Gasteiger partial charge in [0.1, 0.15) is 11.2 Å². The number of rotatable bonds is 12. The molecular weight excluding hydrogens is 599 g/mol. The Labute approximate surface area is 155 Å². The first-order valence-corrected chi connectivity index (χ1v) is 8.65. The molecule has 9 heteroatoms. The van der Waals surface area contributed by atoms with Crippen molar-refractivity contribution in [2.75, 3.05) is 26.4 Å². The number of hydrogen-bond donors (Lipinski definition) is 1. The van der Waals surface area contributed by atoms with Gasteiger partial charge in [0.15, 0.2) is 0 Å². The third-order valence-electron chi connectivity index (χ3n) is 2.64. The van der Waals surface area contributed by atoms with Gasteiger partial charge in [-0.1, -0.05) is 0 Å². The van der Waals surface area contributed by atoms with Crippen molar-refractivity contribution in [1.29, 1.82) is 0 Å². The summed E-state index contributed by atoms with van der Waals surface area (Å²) in [7, 11) is 0. The van der Waals surface area contributed by atoms with Crippen molar-refractivity contribution in [1.82, 2.24) is 5.32 Å². The van der Waals surface area contributed by atoms with E-state index in [9.17, 15) is 14.4 Å². The van der Waals surface area contributed by atoms with E-state index in [0.29, 0.717) is 0 Å². The molecule has 8 nitrogen and oxygen atoms in total. The average Bonchev–Trinajstić information content (AvgIpc) is 2.44. The largest absolute Gasteiger partial charge is 0.524 e. The first kappa shape index (κ1) is 26.6. The number of hydrogen-bond acceptors (Lipinski definition) is 7. The molecule has 0 aromatic heterocycles. The van der Waals surface area contributed by atoms with Crippen molar-refractivity contribution in [3.63, 3.8) is 0 Å². The Kier molecular flexibility index (Phi) is 12.4. The molecule has 27 heavy (non-hydrogen) atoms. The van der Waals surface area contributed by atoms with E-state index in [4.69, 9.17) is 18.9 Å². The molecule has 0 rings (SSSR count). The second-order valence-electron chi connectivity index (χ2n) is 7.77. The van der Waals surface area contributed by atoms with Crippen LogP contribution in [-0.4, -0.2) is 62.0 Å². The molecule has 0 saturated heterocycles. The minimum Gasteiger partial charge on any atom is -0.524 e. The molecule has 164 valence electrons. The van der Waals surface area contributed by atoms with Crippen molar-refractivity contribution in [3.8, 4) is 0 Å². The van der Waals surface area contributed by atoms with Gasteiger partial charge in [-0.3, -0.25) is 9.59 Å². The van der Waals surface area contributed by atoms with Gasteiger partial charge in [-0.15, -0.1) is 0 Å². The minimum absolute atomic E-state index is 0. The van der Waals surface area contributed by atoms with Gasteiger partial charge in [0.25, 0.3) is 0 Å². The number of ether oxygens (including phenoxy) is 4. The molecule has 0 aromatic carbocycles. The van der Waals surface area contributed by atoms with Gasteiger partial charge in [0.2, 0.25) is 0 Å². The quantitative estimate of drug-likeness (QED) is 0.151. The molecule has 0 heterocycles. The molecule has 0 saturated carbocycles. The summed E-state index contributed by atoms with van der Waals surface area (Å²) < 4.78 is 21.1. The molecule has 0 fully saturated rings. The average molecular weight is 631 g/mol. The second kappa shape index (κ2) is 12.6. The summed E-state index contributed by atoms with van der Waals surface area (Å²) >= 11 is 0. The van der Waals surface area contributed by atoms with Gasteiger partial charge < -0.3 is 29.1 Å². The first-order chi connectivity index (χ1) is 11.9. The predicted octanol–water partition coefficient (Wildman–Crippen LogP) is 1.51. The molecule has 0 bridgehead atoms. The third kappa shape index (κ3) is 17.9. The Morgan fingerprint density at radius 3 is 1.52 bits per heavy atom. The fourth-order valence-electron chi connectivity index (χ4n) is 1.76. The van der Waals surface area contributed by atoms with E-state index in [0.717, 1.165) is 0 Å². The van der Waals surface area contributed by atoms with E-state index >= 15 is 0 Å². The van der Waals surface area contributed by atoms with E-state index in [2.05, 4.69) is 5.32 Å². The van der Waals surface area contributed by atoms with Crippen LogP contribution in [0.3, 0.4) is 0 Å². The van der Waals surface area contributed by atoms with Crippen LogP contribution >= 0.6 is 0 Å². The summed E-state index contributed by atoms with van der Waals surface area (Å²) in [6, 6.07) is -0.426. The smallest absolute Gasteiger partial charge is 0.308 e. The van der Waals surface area contributed by atoms with Crippen LogP contribution in [0.1, 0.15) is 54.4 Å². The normalized spacial score (nSPS) is 11.5. The van der Waals surface area contributed by atoms with Crippen LogP contribution in [0.25, 0.3) is 0 Å².